The van der Waals surface area contributed by atoms with Gasteiger partial charge in [-0.1, -0.05) is 11.3 Å². The maximum Gasteiger partial charge on any atom is 0.326 e. The van der Waals surface area contributed by atoms with Crippen LogP contribution >= 0.6 is 11.3 Å². The number of benzene rings is 2. The van der Waals surface area contributed by atoms with Crippen molar-refractivity contribution in [1.82, 2.24) is 9.88 Å². The van der Waals surface area contributed by atoms with Crippen LogP contribution in [0.15, 0.2) is 42.5 Å². The number of amides is 2. The second kappa shape index (κ2) is 9.42. The summed E-state index contributed by atoms with van der Waals surface area (Å²) < 4.78 is 6.35. The fourth-order valence-corrected chi connectivity index (χ4v) is 4.26. The van der Waals surface area contributed by atoms with Crippen molar-refractivity contribution in [3.63, 3.8) is 0 Å². The Morgan fingerprint density at radius 2 is 1.94 bits per heavy atom. The molecular formula is C22H25N5O3S. The molecule has 2 heterocycles. The molecule has 0 aliphatic carbocycles. The summed E-state index contributed by atoms with van der Waals surface area (Å²) >= 11 is 1.40. The summed E-state index contributed by atoms with van der Waals surface area (Å²) in [5, 5.41) is 3.45. The molecule has 3 N–H and O–H groups in total. The molecule has 2 aromatic carbocycles. The molecule has 1 fully saturated rings. The highest BCUT2D eigenvalue weighted by Crippen LogP contribution is 2.28. The van der Waals surface area contributed by atoms with Crippen molar-refractivity contribution in [2.45, 2.75) is 6.92 Å². The molecule has 31 heavy (non-hydrogen) atoms. The Balaban J connectivity index is 1.55. The summed E-state index contributed by atoms with van der Waals surface area (Å²) in [5.74, 6) is -0.0119. The van der Waals surface area contributed by atoms with Crippen LogP contribution in [0.2, 0.25) is 0 Å². The lowest BCUT2D eigenvalue weighted by atomic mass is 10.1. The minimum absolute atomic E-state index is 0.0119. The van der Waals surface area contributed by atoms with Crippen LogP contribution in [0, 0.1) is 0 Å². The number of anilines is 3. The first-order valence-electron chi connectivity index (χ1n) is 10.2. The summed E-state index contributed by atoms with van der Waals surface area (Å²) in [6.45, 7) is 5.91. The quantitative estimate of drug-likeness (QED) is 0.571. The van der Waals surface area contributed by atoms with E-state index in [4.69, 9.17) is 10.5 Å². The summed E-state index contributed by atoms with van der Waals surface area (Å²) in [7, 11) is 0. The van der Waals surface area contributed by atoms with Crippen LogP contribution in [0.1, 0.15) is 17.3 Å². The zero-order valence-electron chi connectivity index (χ0n) is 17.3. The van der Waals surface area contributed by atoms with Gasteiger partial charge in [-0.3, -0.25) is 14.6 Å². The van der Waals surface area contributed by atoms with E-state index in [-0.39, 0.29) is 11.8 Å². The number of nitrogens with two attached hydrogens (primary N) is 1. The number of morpholine rings is 1. The zero-order chi connectivity index (χ0) is 21.8. The predicted molar refractivity (Wildman–Crippen MR) is 124 cm³/mol. The number of thiazole rings is 1. The maximum absolute atomic E-state index is 13.2. The number of nitrogens with zero attached hydrogens (tertiary/aromatic N) is 3. The van der Waals surface area contributed by atoms with Crippen molar-refractivity contribution >= 4 is 49.9 Å². The second-order valence-corrected chi connectivity index (χ2v) is 8.44. The van der Waals surface area contributed by atoms with E-state index in [1.807, 2.05) is 18.2 Å². The largest absolute Gasteiger partial charge is 0.379 e. The minimum atomic E-state index is -0.235. The van der Waals surface area contributed by atoms with Gasteiger partial charge in [-0.2, -0.15) is 0 Å². The van der Waals surface area contributed by atoms with Gasteiger partial charge in [-0.15, -0.1) is 0 Å². The highest BCUT2D eigenvalue weighted by atomic mass is 32.1. The Labute approximate surface area is 184 Å². The van der Waals surface area contributed by atoms with Crippen molar-refractivity contribution in [2.24, 2.45) is 0 Å². The lowest BCUT2D eigenvalue weighted by Gasteiger charge is -2.30. The van der Waals surface area contributed by atoms with Crippen LogP contribution in [0.25, 0.3) is 10.2 Å². The molecule has 1 aliphatic heterocycles. The van der Waals surface area contributed by atoms with Gasteiger partial charge in [0.05, 0.1) is 23.4 Å². The fourth-order valence-electron chi connectivity index (χ4n) is 3.49. The van der Waals surface area contributed by atoms with Gasteiger partial charge in [0, 0.05) is 43.1 Å². The van der Waals surface area contributed by atoms with Gasteiger partial charge in [0.25, 0.3) is 0 Å². The van der Waals surface area contributed by atoms with E-state index in [0.717, 1.165) is 35.5 Å². The number of carbonyl (C=O) groups is 2. The Morgan fingerprint density at radius 3 is 2.65 bits per heavy atom. The summed E-state index contributed by atoms with van der Waals surface area (Å²) in [6, 6.07) is 12.4. The SMILES string of the molecule is CC(=O)c1ccc(NC(=O)N(CCN2CCOCC2)c2ccc3nc(N)sc3c2)cc1. The van der Waals surface area contributed by atoms with Gasteiger partial charge < -0.3 is 15.8 Å². The van der Waals surface area contributed by atoms with Crippen molar-refractivity contribution in [1.29, 1.82) is 0 Å². The topological polar surface area (TPSA) is 101 Å². The molecule has 0 unspecified atom stereocenters. The smallest absolute Gasteiger partial charge is 0.326 e. The molecule has 0 saturated carbocycles. The Morgan fingerprint density at radius 1 is 1.19 bits per heavy atom. The molecule has 8 nitrogen and oxygen atoms in total. The Hall–Kier alpha value is -3.01. The molecule has 1 aliphatic rings. The fraction of sp³-hybridized carbons (Fsp3) is 0.318. The number of nitrogen functional groups attached to an aromatic ring is 1. The van der Waals surface area contributed by atoms with Crippen LogP contribution in [-0.2, 0) is 4.74 Å². The number of nitrogens with one attached hydrogen (secondary N) is 1. The first kappa shape index (κ1) is 21.2. The number of ketones is 1. The molecule has 4 rings (SSSR count). The predicted octanol–water partition coefficient (Wildman–Crippen LogP) is 3.45. The Kier molecular flexibility index (Phi) is 6.45. The molecule has 0 atom stereocenters. The van der Waals surface area contributed by atoms with Crippen LogP contribution in [-0.4, -0.2) is 61.1 Å². The highest BCUT2D eigenvalue weighted by Gasteiger charge is 2.19. The van der Waals surface area contributed by atoms with Crippen molar-refractivity contribution in [2.75, 3.05) is 55.3 Å². The van der Waals surface area contributed by atoms with Crippen LogP contribution in [0.4, 0.5) is 21.3 Å². The monoisotopic (exact) mass is 439 g/mol. The Bertz CT molecular complexity index is 1080. The summed E-state index contributed by atoms with van der Waals surface area (Å²) in [6.07, 6.45) is 0. The summed E-state index contributed by atoms with van der Waals surface area (Å²) in [5.41, 5.74) is 8.68. The normalized spacial score (nSPS) is 14.5. The molecular weight excluding hydrogens is 414 g/mol. The molecule has 3 aromatic rings. The molecule has 1 aromatic heterocycles. The van der Waals surface area contributed by atoms with E-state index in [2.05, 4.69) is 15.2 Å². The van der Waals surface area contributed by atoms with Gasteiger partial charge in [-0.05, 0) is 49.4 Å². The number of rotatable bonds is 6. The number of fused-ring (bicyclic) bond motifs is 1. The third-order valence-corrected chi connectivity index (χ3v) is 6.08. The molecule has 0 radical (unpaired) electrons. The molecule has 1 saturated heterocycles. The second-order valence-electron chi connectivity index (χ2n) is 7.37. The molecule has 2 amide bonds. The standard InChI is InChI=1S/C22H25N5O3S/c1-15(28)16-2-4-17(5-3-16)24-22(29)27(9-8-26-10-12-30-13-11-26)18-6-7-19-20(14-18)31-21(23)25-19/h2-7,14H,8-13H2,1H3,(H2,23,25)(H,24,29). The van der Waals surface area contributed by atoms with Gasteiger partial charge in [0.2, 0.25) is 0 Å². The number of aromatic nitrogens is 1. The number of Topliss-reactive ketones (excluding diaryl/α,β-unsaturated/α-hetero) is 1. The number of carbonyl (C=O) groups excluding carboxylic acids is 2. The number of hydrogen-bond acceptors (Lipinski definition) is 7. The molecule has 9 heteroatoms. The van der Waals surface area contributed by atoms with E-state index in [1.54, 1.807) is 29.2 Å². The average molecular weight is 440 g/mol. The summed E-state index contributed by atoms with van der Waals surface area (Å²) in [4.78, 5) is 33.0. The molecule has 0 spiro atoms. The van der Waals surface area contributed by atoms with E-state index < -0.39 is 0 Å². The van der Waals surface area contributed by atoms with E-state index >= 15 is 0 Å². The van der Waals surface area contributed by atoms with Crippen LogP contribution < -0.4 is 16.0 Å². The highest BCUT2D eigenvalue weighted by molar-refractivity contribution is 7.22. The average Bonchev–Trinajstić information content (AvgIpc) is 3.14. The van der Waals surface area contributed by atoms with Gasteiger partial charge in [0.1, 0.15) is 0 Å². The van der Waals surface area contributed by atoms with Crippen molar-refractivity contribution < 1.29 is 14.3 Å². The first-order chi connectivity index (χ1) is 15.0. The van der Waals surface area contributed by atoms with Crippen molar-refractivity contribution in [3.8, 4) is 0 Å². The lowest BCUT2D eigenvalue weighted by Crippen LogP contribution is -2.44. The van der Waals surface area contributed by atoms with E-state index in [1.165, 1.54) is 18.3 Å². The third kappa shape index (κ3) is 5.19. The van der Waals surface area contributed by atoms with Crippen LogP contribution in [0.5, 0.6) is 0 Å². The van der Waals surface area contributed by atoms with Gasteiger partial charge in [-0.25, -0.2) is 9.78 Å². The first-order valence-corrected chi connectivity index (χ1v) is 11.0. The number of hydrogen-bond donors (Lipinski definition) is 2. The number of ether oxygens (including phenoxy) is 1. The van der Waals surface area contributed by atoms with Gasteiger partial charge in [0.15, 0.2) is 10.9 Å². The molecule has 0 bridgehead atoms. The number of urea groups is 1. The van der Waals surface area contributed by atoms with E-state index in [0.29, 0.717) is 36.1 Å². The third-order valence-electron chi connectivity index (χ3n) is 5.23. The van der Waals surface area contributed by atoms with Crippen LogP contribution in [0.3, 0.4) is 0 Å². The maximum atomic E-state index is 13.2. The van der Waals surface area contributed by atoms with Crippen molar-refractivity contribution in [3.05, 3.63) is 48.0 Å². The van der Waals surface area contributed by atoms with E-state index in [9.17, 15) is 9.59 Å². The zero-order valence-corrected chi connectivity index (χ0v) is 18.2. The lowest BCUT2D eigenvalue weighted by molar-refractivity contribution is 0.0393. The van der Waals surface area contributed by atoms with Gasteiger partial charge >= 0.3 is 6.03 Å². The molecule has 162 valence electrons. The minimum Gasteiger partial charge on any atom is -0.379 e.